The molecule has 2 rings (SSSR count). The lowest BCUT2D eigenvalue weighted by Crippen LogP contribution is -2.14. The Morgan fingerprint density at radius 2 is 1.95 bits per heavy atom. The number of halogens is 2. The summed E-state index contributed by atoms with van der Waals surface area (Å²) >= 11 is 5.87. The molecule has 0 aromatic heterocycles. The minimum Gasteiger partial charge on any atom is -0.320 e. The maximum atomic E-state index is 13.2. The van der Waals surface area contributed by atoms with Gasteiger partial charge in [-0.25, -0.2) is 4.39 Å². The van der Waals surface area contributed by atoms with E-state index in [1.165, 1.54) is 6.07 Å². The number of anilines is 1. The molecule has 0 spiro atoms. The molecule has 2 aromatic rings. The summed E-state index contributed by atoms with van der Waals surface area (Å²) in [4.78, 5) is 22.1. The second-order valence-electron chi connectivity index (χ2n) is 3.85. The second-order valence-corrected chi connectivity index (χ2v) is 4.26. The number of benzene rings is 2. The van der Waals surface area contributed by atoms with Crippen molar-refractivity contribution in [1.29, 1.82) is 0 Å². The lowest BCUT2D eigenvalue weighted by molar-refractivity contribution is -0.385. The first-order valence-corrected chi connectivity index (χ1v) is 5.86. The van der Waals surface area contributed by atoms with Crippen LogP contribution in [0.1, 0.15) is 10.4 Å². The Hall–Kier alpha value is -2.47. The average molecular weight is 295 g/mol. The summed E-state index contributed by atoms with van der Waals surface area (Å²) in [6.45, 7) is 0. The topological polar surface area (TPSA) is 72.2 Å². The summed E-state index contributed by atoms with van der Waals surface area (Å²) in [5.74, 6) is -1.54. The molecule has 0 aliphatic carbocycles. The Morgan fingerprint density at radius 3 is 2.60 bits per heavy atom. The van der Waals surface area contributed by atoms with E-state index in [1.807, 2.05) is 0 Å². The van der Waals surface area contributed by atoms with Crippen LogP contribution in [0.25, 0.3) is 0 Å². The van der Waals surface area contributed by atoms with Crippen molar-refractivity contribution < 1.29 is 14.1 Å². The highest BCUT2D eigenvalue weighted by Crippen LogP contribution is 2.24. The number of carbonyl (C=O) groups excluding carboxylic acids is 1. The number of nitro groups is 1. The van der Waals surface area contributed by atoms with Crippen molar-refractivity contribution in [2.75, 3.05) is 5.32 Å². The van der Waals surface area contributed by atoms with Gasteiger partial charge in [0, 0.05) is 6.07 Å². The van der Waals surface area contributed by atoms with E-state index in [-0.39, 0.29) is 16.3 Å². The van der Waals surface area contributed by atoms with Crippen LogP contribution in [0.4, 0.5) is 15.8 Å². The van der Waals surface area contributed by atoms with E-state index in [1.54, 1.807) is 18.2 Å². The highest BCUT2D eigenvalue weighted by atomic mass is 35.5. The van der Waals surface area contributed by atoms with Gasteiger partial charge in [-0.1, -0.05) is 23.7 Å². The van der Waals surface area contributed by atoms with Gasteiger partial charge in [-0.3, -0.25) is 14.9 Å². The average Bonchev–Trinajstić information content (AvgIpc) is 2.40. The summed E-state index contributed by atoms with van der Waals surface area (Å²) in [7, 11) is 0. The fourth-order valence-electron chi connectivity index (χ4n) is 1.60. The molecule has 7 heteroatoms. The smallest absolute Gasteiger partial charge is 0.282 e. The second kappa shape index (κ2) is 5.66. The van der Waals surface area contributed by atoms with Crippen molar-refractivity contribution >= 4 is 28.9 Å². The molecule has 0 fully saturated rings. The van der Waals surface area contributed by atoms with E-state index in [4.69, 9.17) is 11.6 Å². The van der Waals surface area contributed by atoms with Gasteiger partial charge in [0.05, 0.1) is 15.6 Å². The van der Waals surface area contributed by atoms with Gasteiger partial charge in [-0.05, 0) is 24.3 Å². The molecule has 0 bridgehead atoms. The number of nitrogens with one attached hydrogen (secondary N) is 1. The fraction of sp³-hybridized carbons (Fsp3) is 0. The third-order valence-corrected chi connectivity index (χ3v) is 2.85. The largest absolute Gasteiger partial charge is 0.320 e. The molecule has 0 heterocycles. The molecule has 0 unspecified atom stereocenters. The van der Waals surface area contributed by atoms with Crippen LogP contribution in [-0.4, -0.2) is 10.8 Å². The van der Waals surface area contributed by atoms with E-state index < -0.39 is 22.3 Å². The van der Waals surface area contributed by atoms with Gasteiger partial charge >= 0.3 is 0 Å². The molecule has 1 amide bonds. The van der Waals surface area contributed by atoms with Crippen molar-refractivity contribution in [3.8, 4) is 0 Å². The first-order chi connectivity index (χ1) is 9.49. The molecule has 2 aromatic carbocycles. The van der Waals surface area contributed by atoms with Crippen LogP contribution >= 0.6 is 11.6 Å². The quantitative estimate of drug-likeness (QED) is 0.694. The zero-order chi connectivity index (χ0) is 14.7. The summed E-state index contributed by atoms with van der Waals surface area (Å²) < 4.78 is 13.2. The van der Waals surface area contributed by atoms with E-state index >= 15 is 0 Å². The summed E-state index contributed by atoms with van der Waals surface area (Å²) in [5.41, 5.74) is -0.552. The Labute approximate surface area is 118 Å². The normalized spacial score (nSPS) is 10.1. The Morgan fingerprint density at radius 1 is 1.25 bits per heavy atom. The molecule has 0 saturated carbocycles. The number of hydrogen-bond acceptors (Lipinski definition) is 3. The first kappa shape index (κ1) is 14.0. The molecule has 0 aliphatic heterocycles. The van der Waals surface area contributed by atoms with Crippen LogP contribution in [0.5, 0.6) is 0 Å². The molecule has 102 valence electrons. The predicted octanol–water partition coefficient (Wildman–Crippen LogP) is 3.64. The van der Waals surface area contributed by atoms with Crippen LogP contribution in [0, 0.1) is 15.9 Å². The maximum absolute atomic E-state index is 13.2. The number of rotatable bonds is 3. The van der Waals surface area contributed by atoms with Gasteiger partial charge in [0.1, 0.15) is 11.4 Å². The molecule has 5 nitrogen and oxygen atoms in total. The van der Waals surface area contributed by atoms with E-state index in [0.29, 0.717) is 0 Å². The van der Waals surface area contributed by atoms with Crippen molar-refractivity contribution in [2.24, 2.45) is 0 Å². The minimum absolute atomic E-state index is 0.278. The van der Waals surface area contributed by atoms with Crippen LogP contribution < -0.4 is 5.32 Å². The monoisotopic (exact) mass is 294 g/mol. The number of carbonyl (C=O) groups is 1. The molecular weight excluding hydrogens is 287 g/mol. The Kier molecular flexibility index (Phi) is 3.95. The van der Waals surface area contributed by atoms with Crippen LogP contribution in [0.2, 0.25) is 5.02 Å². The number of nitrogens with zero attached hydrogens (tertiary/aromatic N) is 1. The minimum atomic E-state index is -0.802. The van der Waals surface area contributed by atoms with Crippen molar-refractivity contribution in [3.63, 3.8) is 0 Å². The standard InChI is InChI=1S/C13H8ClFN2O3/c14-10-3-1-2-4-11(10)16-13(18)9-7-8(15)5-6-12(9)17(19)20/h1-7H,(H,16,18). The Balaban J connectivity index is 2.37. The van der Waals surface area contributed by atoms with Gasteiger partial charge in [0.15, 0.2) is 0 Å². The zero-order valence-corrected chi connectivity index (χ0v) is 10.7. The molecule has 0 atom stereocenters. The summed E-state index contributed by atoms with van der Waals surface area (Å²) in [6.07, 6.45) is 0. The van der Waals surface area contributed by atoms with E-state index in [9.17, 15) is 19.3 Å². The molecule has 20 heavy (non-hydrogen) atoms. The van der Waals surface area contributed by atoms with E-state index in [2.05, 4.69) is 5.32 Å². The third-order valence-electron chi connectivity index (χ3n) is 2.52. The highest BCUT2D eigenvalue weighted by molar-refractivity contribution is 6.33. The first-order valence-electron chi connectivity index (χ1n) is 5.49. The number of nitro benzene ring substituents is 1. The van der Waals surface area contributed by atoms with Gasteiger partial charge < -0.3 is 5.32 Å². The van der Waals surface area contributed by atoms with Crippen LogP contribution in [0.15, 0.2) is 42.5 Å². The molecular formula is C13H8ClFN2O3. The highest BCUT2D eigenvalue weighted by Gasteiger charge is 2.21. The number of amides is 1. The number of para-hydroxylation sites is 1. The van der Waals surface area contributed by atoms with Gasteiger partial charge in [0.2, 0.25) is 0 Å². The van der Waals surface area contributed by atoms with Crippen molar-refractivity contribution in [3.05, 3.63) is 69.0 Å². The predicted molar refractivity (Wildman–Crippen MR) is 72.5 cm³/mol. The van der Waals surface area contributed by atoms with Gasteiger partial charge in [-0.2, -0.15) is 0 Å². The lowest BCUT2D eigenvalue weighted by atomic mass is 10.1. The van der Waals surface area contributed by atoms with Crippen LogP contribution in [0.3, 0.4) is 0 Å². The third kappa shape index (κ3) is 2.92. The molecule has 0 saturated heterocycles. The molecule has 0 radical (unpaired) electrons. The van der Waals surface area contributed by atoms with Crippen molar-refractivity contribution in [2.45, 2.75) is 0 Å². The molecule has 0 aliphatic rings. The van der Waals surface area contributed by atoms with Crippen molar-refractivity contribution in [1.82, 2.24) is 0 Å². The molecule has 1 N–H and O–H groups in total. The van der Waals surface area contributed by atoms with Crippen LogP contribution in [-0.2, 0) is 0 Å². The summed E-state index contributed by atoms with van der Waals surface area (Å²) in [5, 5.41) is 13.5. The Bertz CT molecular complexity index is 691. The number of hydrogen-bond donors (Lipinski definition) is 1. The van der Waals surface area contributed by atoms with Gasteiger partial charge in [0.25, 0.3) is 11.6 Å². The maximum Gasteiger partial charge on any atom is 0.282 e. The fourth-order valence-corrected chi connectivity index (χ4v) is 1.78. The summed E-state index contributed by atoms with van der Waals surface area (Å²) in [6, 6.07) is 9.07. The SMILES string of the molecule is O=C(Nc1ccccc1Cl)c1cc(F)ccc1[N+](=O)[O-]. The zero-order valence-electron chi connectivity index (χ0n) is 9.97. The lowest BCUT2D eigenvalue weighted by Gasteiger charge is -2.07. The van der Waals surface area contributed by atoms with E-state index in [0.717, 1.165) is 18.2 Å². The van der Waals surface area contributed by atoms with Gasteiger partial charge in [-0.15, -0.1) is 0 Å².